The second-order valence-electron chi connectivity index (χ2n) is 6.10. The minimum absolute atomic E-state index is 0. The van der Waals surface area contributed by atoms with Crippen molar-refractivity contribution in [1.29, 1.82) is 0 Å². The predicted molar refractivity (Wildman–Crippen MR) is 91.8 cm³/mol. The fraction of sp³-hybridized carbons (Fsp3) is 0.588. The number of carbonyl (C=O) groups excluding carboxylic acids is 1. The fourth-order valence-corrected chi connectivity index (χ4v) is 2.73. The molecule has 2 rings (SSSR count). The summed E-state index contributed by atoms with van der Waals surface area (Å²) in [4.78, 5) is 12.2. The lowest BCUT2D eigenvalue weighted by atomic mass is 10.00. The molecule has 0 spiro atoms. The summed E-state index contributed by atoms with van der Waals surface area (Å²) in [5.41, 5.74) is 0.950. The Morgan fingerprint density at radius 1 is 1.41 bits per heavy atom. The molecule has 5 heteroatoms. The second kappa shape index (κ2) is 9.01. The van der Waals surface area contributed by atoms with Crippen LogP contribution in [-0.2, 0) is 11.2 Å². The molecule has 1 aromatic rings. The highest BCUT2D eigenvalue weighted by atomic mass is 35.5. The summed E-state index contributed by atoms with van der Waals surface area (Å²) in [6.45, 7) is 7.11. The van der Waals surface area contributed by atoms with Crippen molar-refractivity contribution >= 4 is 18.3 Å². The summed E-state index contributed by atoms with van der Waals surface area (Å²) in [5.74, 6) is 0.884. The Morgan fingerprint density at radius 2 is 2.14 bits per heavy atom. The van der Waals surface area contributed by atoms with E-state index in [4.69, 9.17) is 4.74 Å². The van der Waals surface area contributed by atoms with Gasteiger partial charge >= 0.3 is 0 Å². The van der Waals surface area contributed by atoms with Gasteiger partial charge in [-0.15, -0.1) is 12.4 Å². The Labute approximate surface area is 139 Å². The van der Waals surface area contributed by atoms with E-state index in [1.54, 1.807) is 0 Å². The largest absolute Gasteiger partial charge is 0.491 e. The zero-order chi connectivity index (χ0) is 15.2. The number of hydrogen-bond donors (Lipinski definition) is 2. The first-order valence-electron chi connectivity index (χ1n) is 7.82. The summed E-state index contributed by atoms with van der Waals surface area (Å²) in [6, 6.07) is 8.53. The molecule has 1 saturated heterocycles. The summed E-state index contributed by atoms with van der Waals surface area (Å²) in [5, 5.41) is 6.54. The van der Waals surface area contributed by atoms with E-state index in [0.29, 0.717) is 12.5 Å². The van der Waals surface area contributed by atoms with Crippen LogP contribution in [-0.4, -0.2) is 30.6 Å². The van der Waals surface area contributed by atoms with E-state index in [9.17, 15) is 4.79 Å². The molecule has 2 atom stereocenters. The summed E-state index contributed by atoms with van der Waals surface area (Å²) in [6.07, 6.45) is 2.48. The quantitative estimate of drug-likeness (QED) is 0.874. The Bertz CT molecular complexity index is 479. The van der Waals surface area contributed by atoms with Gasteiger partial charge in [-0.05, 0) is 46.2 Å². The fourth-order valence-electron chi connectivity index (χ4n) is 2.73. The van der Waals surface area contributed by atoms with Crippen LogP contribution in [0.4, 0.5) is 0 Å². The Kier molecular flexibility index (Phi) is 7.69. The maximum absolute atomic E-state index is 12.2. The molecule has 1 heterocycles. The molecule has 2 unspecified atom stereocenters. The molecule has 1 aliphatic heterocycles. The van der Waals surface area contributed by atoms with Crippen LogP contribution in [0.1, 0.15) is 39.2 Å². The number of hydrogen-bond acceptors (Lipinski definition) is 3. The Balaban J connectivity index is 0.00000242. The van der Waals surface area contributed by atoms with Crippen molar-refractivity contribution in [3.8, 4) is 5.75 Å². The predicted octanol–water partition coefficient (Wildman–Crippen LogP) is 2.69. The zero-order valence-electron chi connectivity index (χ0n) is 13.6. The molecule has 1 aliphatic rings. The average molecular weight is 327 g/mol. The molecule has 2 N–H and O–H groups in total. The van der Waals surface area contributed by atoms with Crippen LogP contribution < -0.4 is 15.4 Å². The van der Waals surface area contributed by atoms with Gasteiger partial charge in [-0.3, -0.25) is 4.79 Å². The molecule has 0 radical (unpaired) electrons. The topological polar surface area (TPSA) is 50.4 Å². The van der Waals surface area contributed by atoms with Gasteiger partial charge in [-0.25, -0.2) is 0 Å². The third-order valence-corrected chi connectivity index (χ3v) is 3.68. The average Bonchev–Trinajstić information content (AvgIpc) is 2.40. The molecule has 0 saturated carbocycles. The van der Waals surface area contributed by atoms with E-state index in [-0.39, 0.29) is 30.5 Å². The molecule has 22 heavy (non-hydrogen) atoms. The van der Waals surface area contributed by atoms with Gasteiger partial charge in [0.1, 0.15) is 5.75 Å². The van der Waals surface area contributed by atoms with Crippen molar-refractivity contribution in [2.45, 2.75) is 58.2 Å². The van der Waals surface area contributed by atoms with Gasteiger partial charge in [-0.1, -0.05) is 18.2 Å². The minimum Gasteiger partial charge on any atom is -0.491 e. The smallest absolute Gasteiger partial charge is 0.224 e. The molecule has 1 amide bonds. The minimum atomic E-state index is 0. The number of amides is 1. The van der Waals surface area contributed by atoms with Crippen LogP contribution >= 0.6 is 12.4 Å². The van der Waals surface area contributed by atoms with Crippen LogP contribution in [0.2, 0.25) is 0 Å². The molecule has 0 aromatic heterocycles. The van der Waals surface area contributed by atoms with E-state index in [0.717, 1.165) is 30.7 Å². The molecular formula is C17H27ClN2O2. The SMILES string of the molecule is CC1CC(NC(=O)Cc2ccccc2OC(C)C)CCN1.Cl. The lowest BCUT2D eigenvalue weighted by Crippen LogP contribution is -2.47. The molecule has 124 valence electrons. The third-order valence-electron chi connectivity index (χ3n) is 3.68. The number of rotatable bonds is 5. The standard InChI is InChI=1S/C17H26N2O2.ClH/c1-12(2)21-16-7-5-4-6-14(16)11-17(20)19-15-8-9-18-13(3)10-15;/h4-7,12-13,15,18H,8-11H2,1-3H3,(H,19,20);1H. The Hall–Kier alpha value is -1.26. The first-order valence-corrected chi connectivity index (χ1v) is 7.82. The molecule has 0 bridgehead atoms. The van der Waals surface area contributed by atoms with Gasteiger partial charge < -0.3 is 15.4 Å². The molecule has 1 aromatic carbocycles. The van der Waals surface area contributed by atoms with Crippen molar-refractivity contribution in [3.05, 3.63) is 29.8 Å². The molecule has 0 aliphatic carbocycles. The number of halogens is 1. The maximum Gasteiger partial charge on any atom is 0.224 e. The number of ether oxygens (including phenoxy) is 1. The first-order chi connectivity index (χ1) is 10.0. The van der Waals surface area contributed by atoms with Crippen molar-refractivity contribution in [2.24, 2.45) is 0 Å². The van der Waals surface area contributed by atoms with Gasteiger partial charge in [0.05, 0.1) is 12.5 Å². The number of benzene rings is 1. The number of carbonyl (C=O) groups is 1. The van der Waals surface area contributed by atoms with Crippen molar-refractivity contribution < 1.29 is 9.53 Å². The first kappa shape index (κ1) is 18.8. The van der Waals surface area contributed by atoms with E-state index in [1.807, 2.05) is 38.1 Å². The highest BCUT2D eigenvalue weighted by Crippen LogP contribution is 2.20. The van der Waals surface area contributed by atoms with Gasteiger partial charge in [0.25, 0.3) is 0 Å². The van der Waals surface area contributed by atoms with Crippen LogP contribution in [0.15, 0.2) is 24.3 Å². The molecular weight excluding hydrogens is 300 g/mol. The van der Waals surface area contributed by atoms with Crippen LogP contribution in [0, 0.1) is 0 Å². The van der Waals surface area contributed by atoms with E-state index < -0.39 is 0 Å². The van der Waals surface area contributed by atoms with Gasteiger partial charge in [-0.2, -0.15) is 0 Å². The number of piperidine rings is 1. The third kappa shape index (κ3) is 5.85. The van der Waals surface area contributed by atoms with E-state index in [2.05, 4.69) is 17.6 Å². The highest BCUT2D eigenvalue weighted by Gasteiger charge is 2.20. The summed E-state index contributed by atoms with van der Waals surface area (Å²) >= 11 is 0. The zero-order valence-corrected chi connectivity index (χ0v) is 14.4. The monoisotopic (exact) mass is 326 g/mol. The van der Waals surface area contributed by atoms with Crippen molar-refractivity contribution in [2.75, 3.05) is 6.54 Å². The van der Waals surface area contributed by atoms with Gasteiger partial charge in [0.15, 0.2) is 0 Å². The normalized spacial score (nSPS) is 21.1. The van der Waals surface area contributed by atoms with Crippen molar-refractivity contribution in [3.63, 3.8) is 0 Å². The lowest BCUT2D eigenvalue weighted by Gasteiger charge is -2.28. The summed E-state index contributed by atoms with van der Waals surface area (Å²) < 4.78 is 5.76. The second-order valence-corrected chi connectivity index (χ2v) is 6.10. The van der Waals surface area contributed by atoms with Crippen molar-refractivity contribution in [1.82, 2.24) is 10.6 Å². The number of nitrogens with one attached hydrogen (secondary N) is 2. The molecule has 1 fully saturated rings. The van der Waals surface area contributed by atoms with E-state index in [1.165, 1.54) is 0 Å². The molecule has 4 nitrogen and oxygen atoms in total. The van der Waals surface area contributed by atoms with Crippen LogP contribution in [0.3, 0.4) is 0 Å². The van der Waals surface area contributed by atoms with Crippen LogP contribution in [0.25, 0.3) is 0 Å². The number of para-hydroxylation sites is 1. The van der Waals surface area contributed by atoms with Gasteiger partial charge in [0, 0.05) is 17.6 Å². The lowest BCUT2D eigenvalue weighted by molar-refractivity contribution is -0.121. The maximum atomic E-state index is 12.2. The van der Waals surface area contributed by atoms with Gasteiger partial charge in [0.2, 0.25) is 5.91 Å². The van der Waals surface area contributed by atoms with E-state index >= 15 is 0 Å². The highest BCUT2D eigenvalue weighted by molar-refractivity contribution is 5.85. The summed E-state index contributed by atoms with van der Waals surface area (Å²) in [7, 11) is 0. The Morgan fingerprint density at radius 3 is 2.82 bits per heavy atom. The van der Waals surface area contributed by atoms with Crippen LogP contribution in [0.5, 0.6) is 5.75 Å².